The van der Waals surface area contributed by atoms with Gasteiger partial charge in [-0.1, -0.05) is 0 Å². The zero-order chi connectivity index (χ0) is 22.1. The third kappa shape index (κ3) is 8.25. The highest BCUT2D eigenvalue weighted by Gasteiger charge is 2.37. The molecule has 6 nitrogen and oxygen atoms in total. The van der Waals surface area contributed by atoms with E-state index in [1.807, 2.05) is 0 Å². The van der Waals surface area contributed by atoms with Crippen LogP contribution >= 0.6 is 0 Å². The van der Waals surface area contributed by atoms with Crippen LogP contribution in [0.2, 0.25) is 0 Å². The Kier molecular flexibility index (Phi) is 7.11. The first-order chi connectivity index (χ1) is 13.1. The Balaban J connectivity index is 1.86. The van der Waals surface area contributed by atoms with Crippen LogP contribution in [-0.4, -0.2) is 46.3 Å². The number of carbonyl (C=O) groups excluding carboxylic acids is 2. The molecule has 0 aliphatic carbocycles. The minimum Gasteiger partial charge on any atom is -0.462 e. The molecule has 168 valence electrons. The maximum absolute atomic E-state index is 12.4. The Hall–Kier alpha value is -1.14. The van der Waals surface area contributed by atoms with E-state index in [2.05, 4.69) is 66.0 Å². The van der Waals surface area contributed by atoms with Crippen molar-refractivity contribution >= 4 is 11.9 Å². The molecular weight excluding hydrogens is 368 g/mol. The second kappa shape index (κ2) is 8.54. The van der Waals surface area contributed by atoms with Crippen molar-refractivity contribution in [3.05, 3.63) is 0 Å². The minimum absolute atomic E-state index is 0.00229. The second-order valence-electron chi connectivity index (χ2n) is 11.7. The van der Waals surface area contributed by atoms with Crippen LogP contribution in [0.1, 0.15) is 100 Å². The summed E-state index contributed by atoms with van der Waals surface area (Å²) in [5.74, 6) is -0.969. The summed E-state index contributed by atoms with van der Waals surface area (Å²) in [7, 11) is 0. The van der Waals surface area contributed by atoms with Crippen molar-refractivity contribution in [3.8, 4) is 0 Å². The zero-order valence-corrected chi connectivity index (χ0v) is 19.7. The lowest BCUT2D eigenvalue weighted by Crippen LogP contribution is -2.51. The number of hydrogen-bond donors (Lipinski definition) is 2. The van der Waals surface area contributed by atoms with Crippen LogP contribution in [0.15, 0.2) is 0 Å². The fraction of sp³-hybridized carbons (Fsp3) is 0.913. The Morgan fingerprint density at radius 1 is 0.690 bits per heavy atom. The first-order valence-electron chi connectivity index (χ1n) is 11.0. The molecule has 2 saturated heterocycles. The molecule has 2 atom stereocenters. The number of carbonyl (C=O) groups is 2. The molecule has 2 aliphatic heterocycles. The predicted octanol–water partition coefficient (Wildman–Crippen LogP) is 3.86. The van der Waals surface area contributed by atoms with Gasteiger partial charge in [-0.25, -0.2) is 0 Å². The molecule has 0 radical (unpaired) electrons. The average molecular weight is 411 g/mol. The van der Waals surface area contributed by atoms with Crippen molar-refractivity contribution in [2.75, 3.05) is 0 Å². The summed E-state index contributed by atoms with van der Waals surface area (Å²) in [6.45, 7) is 17.2. The fourth-order valence-corrected chi connectivity index (χ4v) is 5.22. The van der Waals surface area contributed by atoms with E-state index in [1.54, 1.807) is 0 Å². The van der Waals surface area contributed by atoms with Crippen LogP contribution in [-0.2, 0) is 19.1 Å². The third-order valence-corrected chi connectivity index (χ3v) is 5.90. The van der Waals surface area contributed by atoms with Gasteiger partial charge in [0.25, 0.3) is 0 Å². The molecule has 29 heavy (non-hydrogen) atoms. The van der Waals surface area contributed by atoms with Crippen LogP contribution in [0.25, 0.3) is 0 Å². The van der Waals surface area contributed by atoms with Crippen molar-refractivity contribution in [2.45, 2.75) is 135 Å². The topological polar surface area (TPSA) is 76.7 Å². The molecule has 0 aromatic heterocycles. The van der Waals surface area contributed by atoms with E-state index in [0.29, 0.717) is 0 Å². The van der Waals surface area contributed by atoms with Gasteiger partial charge in [0.15, 0.2) is 0 Å². The number of rotatable bonds is 4. The quantitative estimate of drug-likeness (QED) is 0.541. The molecule has 0 aromatic carbocycles. The van der Waals surface area contributed by atoms with Crippen LogP contribution in [0.3, 0.4) is 0 Å². The summed E-state index contributed by atoms with van der Waals surface area (Å²) in [4.78, 5) is 24.8. The summed E-state index contributed by atoms with van der Waals surface area (Å²) in [6.07, 6.45) is 4.20. The molecule has 0 spiro atoms. The molecule has 2 heterocycles. The first kappa shape index (κ1) is 24.1. The third-order valence-electron chi connectivity index (χ3n) is 5.90. The standard InChI is InChI=1S/C23H42N2O4/c1-20(2)11-9-16(14-22(5,6)24-20)28-18(26)13-19(27)29-17-10-12-21(3,4)25-23(7,8)15-17/h16-17,24-25H,9-15H2,1-8H3. The lowest BCUT2D eigenvalue weighted by Gasteiger charge is -2.34. The second-order valence-corrected chi connectivity index (χ2v) is 11.7. The lowest BCUT2D eigenvalue weighted by molar-refractivity contribution is -0.161. The fourth-order valence-electron chi connectivity index (χ4n) is 5.22. The number of nitrogens with one attached hydrogen (secondary N) is 2. The first-order valence-corrected chi connectivity index (χ1v) is 11.0. The normalized spacial score (nSPS) is 30.5. The highest BCUT2D eigenvalue weighted by atomic mass is 16.6. The van der Waals surface area contributed by atoms with Crippen molar-refractivity contribution < 1.29 is 19.1 Å². The van der Waals surface area contributed by atoms with E-state index in [9.17, 15) is 9.59 Å². The molecule has 2 unspecified atom stereocenters. The summed E-state index contributed by atoms with van der Waals surface area (Å²) in [5.41, 5.74) is -0.260. The highest BCUT2D eigenvalue weighted by Crippen LogP contribution is 2.30. The van der Waals surface area contributed by atoms with Crippen molar-refractivity contribution in [1.82, 2.24) is 10.6 Å². The molecule has 2 aliphatic rings. The average Bonchev–Trinajstić information content (AvgIpc) is 2.63. The van der Waals surface area contributed by atoms with Gasteiger partial charge in [0.2, 0.25) is 0 Å². The van der Waals surface area contributed by atoms with Gasteiger partial charge in [0.05, 0.1) is 0 Å². The maximum Gasteiger partial charge on any atom is 0.317 e. The van der Waals surface area contributed by atoms with Crippen molar-refractivity contribution in [1.29, 1.82) is 0 Å². The molecule has 2 N–H and O–H groups in total. The number of ether oxygens (including phenoxy) is 2. The molecule has 0 amide bonds. The summed E-state index contributed by atoms with van der Waals surface area (Å²) >= 11 is 0. The molecular formula is C23H42N2O4. The predicted molar refractivity (Wildman–Crippen MR) is 115 cm³/mol. The molecule has 0 saturated carbocycles. The van der Waals surface area contributed by atoms with Gasteiger partial charge in [0, 0.05) is 35.0 Å². The Morgan fingerprint density at radius 2 is 1.03 bits per heavy atom. The van der Waals surface area contributed by atoms with Crippen molar-refractivity contribution in [3.63, 3.8) is 0 Å². The van der Waals surface area contributed by atoms with Gasteiger partial charge in [-0.3, -0.25) is 9.59 Å². The molecule has 2 fully saturated rings. The Labute approximate surface area is 176 Å². The van der Waals surface area contributed by atoms with E-state index >= 15 is 0 Å². The Morgan fingerprint density at radius 3 is 1.38 bits per heavy atom. The van der Waals surface area contributed by atoms with Gasteiger partial charge >= 0.3 is 11.9 Å². The maximum atomic E-state index is 12.4. The summed E-state index contributed by atoms with van der Waals surface area (Å²) in [5, 5.41) is 7.25. The van der Waals surface area contributed by atoms with Gasteiger partial charge < -0.3 is 20.1 Å². The van der Waals surface area contributed by atoms with Crippen molar-refractivity contribution in [2.24, 2.45) is 0 Å². The van der Waals surface area contributed by atoms with Gasteiger partial charge in [-0.2, -0.15) is 0 Å². The van der Waals surface area contributed by atoms with E-state index in [4.69, 9.17) is 9.47 Å². The lowest BCUT2D eigenvalue weighted by atomic mass is 9.96. The largest absolute Gasteiger partial charge is 0.462 e. The molecule has 0 aromatic rings. The van der Waals surface area contributed by atoms with E-state index in [-0.39, 0.29) is 40.8 Å². The van der Waals surface area contributed by atoms with E-state index in [0.717, 1.165) is 38.5 Å². The highest BCUT2D eigenvalue weighted by molar-refractivity contribution is 5.91. The molecule has 6 heteroatoms. The smallest absolute Gasteiger partial charge is 0.317 e. The monoisotopic (exact) mass is 410 g/mol. The van der Waals surface area contributed by atoms with Crippen LogP contribution < -0.4 is 10.6 Å². The SMILES string of the molecule is CC1(C)CCC(OC(=O)CC(=O)OC2CCC(C)(C)NC(C)(C)C2)CC(C)(C)N1. The molecule has 2 rings (SSSR count). The van der Waals surface area contributed by atoms with Gasteiger partial charge in [-0.05, 0) is 81.1 Å². The molecule has 0 bridgehead atoms. The minimum atomic E-state index is -0.484. The van der Waals surface area contributed by atoms with E-state index in [1.165, 1.54) is 0 Å². The van der Waals surface area contributed by atoms with Crippen LogP contribution in [0.4, 0.5) is 0 Å². The Bertz CT molecular complexity index is 558. The number of hydrogen-bond acceptors (Lipinski definition) is 6. The van der Waals surface area contributed by atoms with E-state index < -0.39 is 11.9 Å². The number of esters is 2. The van der Waals surface area contributed by atoms with Crippen LogP contribution in [0, 0.1) is 0 Å². The van der Waals surface area contributed by atoms with Gasteiger partial charge in [-0.15, -0.1) is 0 Å². The zero-order valence-electron chi connectivity index (χ0n) is 19.7. The van der Waals surface area contributed by atoms with Crippen LogP contribution in [0.5, 0.6) is 0 Å². The van der Waals surface area contributed by atoms with Gasteiger partial charge in [0.1, 0.15) is 18.6 Å². The summed E-state index contributed by atoms with van der Waals surface area (Å²) in [6, 6.07) is 0. The summed E-state index contributed by atoms with van der Waals surface area (Å²) < 4.78 is 11.3.